The summed E-state index contributed by atoms with van der Waals surface area (Å²) < 4.78 is 21.3. The zero-order valence-electron chi connectivity index (χ0n) is 21.2. The average molecular weight is 508 g/mol. The van der Waals surface area contributed by atoms with Gasteiger partial charge in [0.05, 0.1) is 32.8 Å². The molecule has 0 bridgehead atoms. The number of rotatable bonds is 11. The molecule has 0 unspecified atom stereocenters. The van der Waals surface area contributed by atoms with E-state index in [1.165, 1.54) is 0 Å². The number of carbonyl (C=O) groups is 2. The summed E-state index contributed by atoms with van der Waals surface area (Å²) in [5, 5.41) is 3.34. The van der Waals surface area contributed by atoms with Gasteiger partial charge in [0.2, 0.25) is 0 Å². The highest BCUT2D eigenvalue weighted by Crippen LogP contribution is 2.25. The maximum Gasteiger partial charge on any atom is 0.312 e. The van der Waals surface area contributed by atoms with Crippen LogP contribution >= 0.6 is 0 Å². The molecule has 0 saturated carbocycles. The molecule has 0 spiro atoms. The van der Waals surface area contributed by atoms with E-state index in [9.17, 15) is 9.59 Å². The van der Waals surface area contributed by atoms with E-state index >= 15 is 0 Å². The number of hydrogen-bond acceptors (Lipinski definition) is 8. The van der Waals surface area contributed by atoms with Gasteiger partial charge in [0.15, 0.2) is 0 Å². The van der Waals surface area contributed by atoms with E-state index < -0.39 is 11.9 Å². The number of benzene rings is 2. The summed E-state index contributed by atoms with van der Waals surface area (Å²) in [6, 6.07) is 14.7. The van der Waals surface area contributed by atoms with E-state index in [4.69, 9.17) is 23.9 Å². The monoisotopic (exact) mass is 507 g/mol. The summed E-state index contributed by atoms with van der Waals surface area (Å²) in [5.74, 6) is 1.72. The van der Waals surface area contributed by atoms with Gasteiger partial charge in [-0.3, -0.25) is 9.59 Å². The van der Waals surface area contributed by atoms with Gasteiger partial charge < -0.3 is 29.2 Å². The summed E-state index contributed by atoms with van der Waals surface area (Å²) in [4.78, 5) is 33.4. The third-order valence-corrected chi connectivity index (χ3v) is 6.36. The normalized spacial score (nSPS) is 13.7. The molecule has 1 aliphatic rings. The van der Waals surface area contributed by atoms with Gasteiger partial charge in [-0.25, -0.2) is 4.98 Å². The topological polar surface area (TPSA) is 112 Å². The minimum Gasteiger partial charge on any atom is -0.497 e. The molecule has 196 valence electrons. The van der Waals surface area contributed by atoms with E-state index in [0.29, 0.717) is 11.4 Å². The van der Waals surface area contributed by atoms with Crippen LogP contribution in [0.3, 0.4) is 0 Å². The Labute approximate surface area is 216 Å². The molecule has 2 heterocycles. The zero-order valence-corrected chi connectivity index (χ0v) is 21.2. The van der Waals surface area contributed by atoms with Crippen molar-refractivity contribution in [2.24, 2.45) is 0 Å². The van der Waals surface area contributed by atoms with Gasteiger partial charge in [-0.1, -0.05) is 24.3 Å². The smallest absolute Gasteiger partial charge is 0.312 e. The lowest BCUT2D eigenvalue weighted by Crippen LogP contribution is -2.27. The third-order valence-electron chi connectivity index (χ3n) is 6.36. The highest BCUT2D eigenvalue weighted by atomic mass is 16.5. The van der Waals surface area contributed by atoms with Crippen LogP contribution in [-0.4, -0.2) is 49.2 Å². The zero-order chi connectivity index (χ0) is 26.0. The first-order chi connectivity index (χ1) is 18.0. The summed E-state index contributed by atoms with van der Waals surface area (Å²) in [5.41, 5.74) is 2.83. The predicted molar refractivity (Wildman–Crippen MR) is 136 cm³/mol. The fourth-order valence-electron chi connectivity index (χ4n) is 4.20. The maximum atomic E-state index is 12.7. The van der Waals surface area contributed by atoms with Gasteiger partial charge in [0.1, 0.15) is 30.5 Å². The summed E-state index contributed by atoms with van der Waals surface area (Å²) in [6.07, 6.45) is 1.85. The minimum atomic E-state index is -0.410. The van der Waals surface area contributed by atoms with Gasteiger partial charge in [-0.2, -0.15) is 0 Å². The quantitative estimate of drug-likeness (QED) is 0.380. The van der Waals surface area contributed by atoms with Crippen LogP contribution in [0.1, 0.15) is 47.1 Å². The average Bonchev–Trinajstić information content (AvgIpc) is 3.33. The number of ether oxygens (including phenoxy) is 4. The van der Waals surface area contributed by atoms with E-state index in [2.05, 4.69) is 10.3 Å². The van der Waals surface area contributed by atoms with Crippen molar-refractivity contribution in [1.29, 1.82) is 0 Å². The van der Waals surface area contributed by atoms with Crippen molar-refractivity contribution in [3.05, 3.63) is 76.9 Å². The highest BCUT2D eigenvalue weighted by molar-refractivity contribution is 5.75. The molecule has 4 rings (SSSR count). The van der Waals surface area contributed by atoms with Gasteiger partial charge in [-0.05, 0) is 61.3 Å². The van der Waals surface area contributed by atoms with Gasteiger partial charge >= 0.3 is 11.9 Å². The molecule has 2 N–H and O–H groups in total. The number of aromatic amines is 1. The molecule has 1 saturated heterocycles. The van der Waals surface area contributed by atoms with Crippen molar-refractivity contribution >= 4 is 11.9 Å². The van der Waals surface area contributed by atoms with Crippen LogP contribution in [-0.2, 0) is 45.1 Å². The number of esters is 2. The Kier molecular flexibility index (Phi) is 9.15. The lowest BCUT2D eigenvalue weighted by Gasteiger charge is -2.20. The molecule has 2 aromatic carbocycles. The number of piperidine rings is 1. The first kappa shape index (κ1) is 26.2. The highest BCUT2D eigenvalue weighted by Gasteiger charge is 2.23. The molecule has 1 fully saturated rings. The molecule has 3 aromatic rings. The SMILES string of the molecule is COc1ccc(COC(=O)Cc2nc(C3CCNCC3)[nH]c2CC(=O)OCc2ccc(OC)cc2)cc1. The molecule has 1 aliphatic heterocycles. The Balaban J connectivity index is 1.39. The van der Waals surface area contributed by atoms with Gasteiger partial charge in [-0.15, -0.1) is 0 Å². The van der Waals surface area contributed by atoms with Gasteiger partial charge in [0, 0.05) is 11.6 Å². The van der Waals surface area contributed by atoms with Crippen LogP contribution in [0.25, 0.3) is 0 Å². The van der Waals surface area contributed by atoms with Crippen LogP contribution < -0.4 is 14.8 Å². The second-order valence-corrected chi connectivity index (χ2v) is 8.94. The number of hydrogen-bond donors (Lipinski definition) is 2. The lowest BCUT2D eigenvalue weighted by atomic mass is 9.98. The Morgan fingerprint density at radius 2 is 1.32 bits per heavy atom. The number of methoxy groups -OCH3 is 2. The van der Waals surface area contributed by atoms with Crippen LogP contribution in [0.5, 0.6) is 11.5 Å². The lowest BCUT2D eigenvalue weighted by molar-refractivity contribution is -0.145. The van der Waals surface area contributed by atoms with Crippen molar-refractivity contribution in [3.8, 4) is 11.5 Å². The van der Waals surface area contributed by atoms with Crippen molar-refractivity contribution < 1.29 is 28.5 Å². The first-order valence-corrected chi connectivity index (χ1v) is 12.4. The molecular formula is C28H33N3O6. The molecule has 9 nitrogen and oxygen atoms in total. The van der Waals surface area contributed by atoms with Crippen LogP contribution in [0.15, 0.2) is 48.5 Å². The van der Waals surface area contributed by atoms with E-state index in [1.54, 1.807) is 14.2 Å². The Bertz CT molecular complexity index is 1080. The second-order valence-electron chi connectivity index (χ2n) is 8.94. The van der Waals surface area contributed by atoms with Crippen molar-refractivity contribution in [1.82, 2.24) is 15.3 Å². The number of nitrogens with one attached hydrogen (secondary N) is 2. The number of imidazole rings is 1. The Morgan fingerprint density at radius 1 is 0.811 bits per heavy atom. The standard InChI is InChI=1S/C28H33N3O6/c1-34-22-7-3-19(4-8-22)17-36-26(32)15-24-25(31-28(30-24)21-11-13-29-14-12-21)16-27(33)37-18-20-5-9-23(35-2)10-6-20/h3-10,21,29H,11-18H2,1-2H3,(H,30,31). The fraction of sp³-hybridized carbons (Fsp3) is 0.393. The Hall–Kier alpha value is -3.85. The summed E-state index contributed by atoms with van der Waals surface area (Å²) in [7, 11) is 3.20. The minimum absolute atomic E-state index is 0.00474. The van der Waals surface area contributed by atoms with Crippen molar-refractivity contribution in [3.63, 3.8) is 0 Å². The number of H-pyrrole nitrogens is 1. The number of carbonyl (C=O) groups excluding carboxylic acids is 2. The number of nitrogens with zero attached hydrogens (tertiary/aromatic N) is 1. The summed E-state index contributed by atoms with van der Waals surface area (Å²) in [6.45, 7) is 2.11. The molecule has 0 radical (unpaired) electrons. The number of aromatic nitrogens is 2. The molecule has 0 amide bonds. The van der Waals surface area contributed by atoms with E-state index in [-0.39, 0.29) is 32.0 Å². The van der Waals surface area contributed by atoms with Crippen LogP contribution in [0.4, 0.5) is 0 Å². The molecule has 37 heavy (non-hydrogen) atoms. The summed E-state index contributed by atoms with van der Waals surface area (Å²) >= 11 is 0. The molecule has 1 aromatic heterocycles. The van der Waals surface area contributed by atoms with Crippen molar-refractivity contribution in [2.75, 3.05) is 27.3 Å². The Morgan fingerprint density at radius 3 is 1.84 bits per heavy atom. The first-order valence-electron chi connectivity index (χ1n) is 12.4. The third kappa shape index (κ3) is 7.57. The molecular weight excluding hydrogens is 474 g/mol. The van der Waals surface area contributed by atoms with Gasteiger partial charge in [0.25, 0.3) is 0 Å². The largest absolute Gasteiger partial charge is 0.497 e. The molecule has 0 atom stereocenters. The maximum absolute atomic E-state index is 12.7. The predicted octanol–water partition coefficient (Wildman–Crippen LogP) is 3.47. The van der Waals surface area contributed by atoms with E-state index in [0.717, 1.165) is 54.4 Å². The fourth-order valence-corrected chi connectivity index (χ4v) is 4.20. The second kappa shape index (κ2) is 12.9. The van der Waals surface area contributed by atoms with Crippen molar-refractivity contribution in [2.45, 2.75) is 44.8 Å². The van der Waals surface area contributed by atoms with E-state index in [1.807, 2.05) is 48.5 Å². The molecule has 9 heteroatoms. The van der Waals surface area contributed by atoms with Crippen LogP contribution in [0.2, 0.25) is 0 Å². The molecule has 0 aliphatic carbocycles. The van der Waals surface area contributed by atoms with Crippen LogP contribution in [0, 0.1) is 0 Å².